The van der Waals surface area contributed by atoms with Gasteiger partial charge in [0.05, 0.1) is 0 Å². The van der Waals surface area contributed by atoms with E-state index in [1.165, 1.54) is 0 Å². The molecule has 0 aromatic heterocycles. The first-order valence-corrected chi connectivity index (χ1v) is 4.60. The van der Waals surface area contributed by atoms with Crippen LogP contribution in [0.4, 0.5) is 5.69 Å². The summed E-state index contributed by atoms with van der Waals surface area (Å²) in [6, 6.07) is 7.80. The Morgan fingerprint density at radius 3 is 1.85 bits per heavy atom. The van der Waals surface area contributed by atoms with Gasteiger partial charge in [-0.25, -0.2) is 0 Å². The van der Waals surface area contributed by atoms with E-state index in [-0.39, 0.29) is 0 Å². The summed E-state index contributed by atoms with van der Waals surface area (Å²) in [6.45, 7) is 11.2. The van der Waals surface area contributed by atoms with Crippen molar-refractivity contribution in [1.82, 2.24) is 0 Å². The number of anilines is 1. The summed E-state index contributed by atoms with van der Waals surface area (Å²) in [5, 5.41) is 0. The number of nitrogens with two attached hydrogens (primary N) is 1. The molecule has 0 aliphatic heterocycles. The standard InChI is InChI=1S/C7H9N.C3H6.C2H6/c1-6-4-2-3-5-7(6)8;1-3-2;1-2/h2-5H,8H2,1H3;3H,1H2,2H3;1-2H3. The maximum Gasteiger partial charge on any atom is 0.0343 e. The average molecular weight is 179 g/mol. The largest absolute Gasteiger partial charge is 0.399 e. The smallest absolute Gasteiger partial charge is 0.0343 e. The van der Waals surface area contributed by atoms with Crippen molar-refractivity contribution in [1.29, 1.82) is 0 Å². The SMILES string of the molecule is C=CC.CC.Cc1ccccc1N. The highest BCUT2D eigenvalue weighted by Crippen LogP contribution is 2.06. The summed E-state index contributed by atoms with van der Waals surface area (Å²) in [6.07, 6.45) is 1.75. The van der Waals surface area contributed by atoms with Gasteiger partial charge in [-0.15, -0.1) is 6.58 Å². The molecule has 0 radical (unpaired) electrons. The third kappa shape index (κ3) is 8.67. The molecule has 0 saturated carbocycles. The minimum absolute atomic E-state index is 0.868. The first kappa shape index (κ1) is 14.3. The van der Waals surface area contributed by atoms with Gasteiger partial charge in [0.15, 0.2) is 0 Å². The van der Waals surface area contributed by atoms with Gasteiger partial charge < -0.3 is 5.73 Å². The topological polar surface area (TPSA) is 26.0 Å². The molecule has 1 nitrogen and oxygen atoms in total. The molecular formula is C12H21N. The summed E-state index contributed by atoms with van der Waals surface area (Å²) in [5.74, 6) is 0. The van der Waals surface area contributed by atoms with Crippen molar-refractivity contribution in [2.24, 2.45) is 0 Å². The lowest BCUT2D eigenvalue weighted by molar-refractivity contribution is 1.47. The quantitative estimate of drug-likeness (QED) is 0.476. The highest BCUT2D eigenvalue weighted by Gasteiger charge is 1.84. The van der Waals surface area contributed by atoms with Crippen LogP contribution < -0.4 is 5.73 Å². The predicted octanol–water partition coefficient (Wildman–Crippen LogP) is 3.80. The molecule has 1 rings (SSSR count). The maximum absolute atomic E-state index is 5.52. The molecule has 13 heavy (non-hydrogen) atoms. The summed E-state index contributed by atoms with van der Waals surface area (Å²) in [5.41, 5.74) is 7.53. The van der Waals surface area contributed by atoms with E-state index in [1.54, 1.807) is 6.08 Å². The van der Waals surface area contributed by atoms with Crippen LogP contribution in [0, 0.1) is 6.92 Å². The molecule has 0 aliphatic rings. The number of nitrogen functional groups attached to an aromatic ring is 1. The van der Waals surface area contributed by atoms with Crippen LogP contribution in [-0.2, 0) is 0 Å². The molecule has 1 aromatic carbocycles. The first-order chi connectivity index (χ1) is 6.22. The van der Waals surface area contributed by atoms with Crippen molar-refractivity contribution in [3.63, 3.8) is 0 Å². The lowest BCUT2D eigenvalue weighted by atomic mass is 10.2. The number of para-hydroxylation sites is 1. The van der Waals surface area contributed by atoms with Crippen LogP contribution in [0.25, 0.3) is 0 Å². The van der Waals surface area contributed by atoms with Gasteiger partial charge in [-0.05, 0) is 25.5 Å². The number of hydrogen-bond acceptors (Lipinski definition) is 1. The van der Waals surface area contributed by atoms with Gasteiger partial charge >= 0.3 is 0 Å². The molecule has 0 heterocycles. The van der Waals surface area contributed by atoms with Gasteiger partial charge in [0.1, 0.15) is 0 Å². The number of allylic oxidation sites excluding steroid dienone is 1. The van der Waals surface area contributed by atoms with Crippen LogP contribution in [0.2, 0.25) is 0 Å². The van der Waals surface area contributed by atoms with E-state index in [0.717, 1.165) is 11.3 Å². The lowest BCUT2D eigenvalue weighted by Gasteiger charge is -1.93. The van der Waals surface area contributed by atoms with Gasteiger partial charge in [0.2, 0.25) is 0 Å². The Morgan fingerprint density at radius 1 is 1.23 bits per heavy atom. The molecule has 0 amide bonds. The van der Waals surface area contributed by atoms with Gasteiger partial charge in [-0.2, -0.15) is 0 Å². The molecule has 0 bridgehead atoms. The molecule has 0 atom stereocenters. The van der Waals surface area contributed by atoms with Gasteiger partial charge in [0.25, 0.3) is 0 Å². The Bertz CT molecular complexity index is 195. The van der Waals surface area contributed by atoms with Crippen molar-refractivity contribution in [2.45, 2.75) is 27.7 Å². The monoisotopic (exact) mass is 179 g/mol. The normalized spacial score (nSPS) is 7.08. The third-order valence-corrected chi connectivity index (χ3v) is 1.19. The fourth-order valence-electron chi connectivity index (χ4n) is 0.587. The molecule has 1 heteroatoms. The minimum Gasteiger partial charge on any atom is -0.399 e. The van der Waals surface area contributed by atoms with E-state index in [0.29, 0.717) is 0 Å². The summed E-state index contributed by atoms with van der Waals surface area (Å²) in [7, 11) is 0. The molecule has 0 saturated heterocycles. The first-order valence-electron chi connectivity index (χ1n) is 4.60. The molecule has 2 N–H and O–H groups in total. The zero-order valence-corrected chi connectivity index (χ0v) is 9.17. The van der Waals surface area contributed by atoms with Crippen molar-refractivity contribution in [3.05, 3.63) is 42.5 Å². The number of hydrogen-bond donors (Lipinski definition) is 1. The van der Waals surface area contributed by atoms with Crippen LogP contribution in [0.3, 0.4) is 0 Å². The van der Waals surface area contributed by atoms with Crippen molar-refractivity contribution in [3.8, 4) is 0 Å². The number of benzene rings is 1. The van der Waals surface area contributed by atoms with Crippen molar-refractivity contribution >= 4 is 5.69 Å². The Balaban J connectivity index is 0. The Labute approximate surface area is 82.3 Å². The fraction of sp³-hybridized carbons (Fsp3) is 0.333. The van der Waals surface area contributed by atoms with Crippen LogP contribution in [0.5, 0.6) is 0 Å². The Kier molecular flexibility index (Phi) is 11.8. The molecule has 0 aliphatic carbocycles. The average Bonchev–Trinajstić information content (AvgIpc) is 2.15. The van der Waals surface area contributed by atoms with Gasteiger partial charge in [0, 0.05) is 5.69 Å². The molecule has 1 aromatic rings. The summed E-state index contributed by atoms with van der Waals surface area (Å²) < 4.78 is 0. The zero-order valence-electron chi connectivity index (χ0n) is 9.17. The van der Waals surface area contributed by atoms with Crippen LogP contribution in [-0.4, -0.2) is 0 Å². The van der Waals surface area contributed by atoms with E-state index in [4.69, 9.17) is 5.73 Å². The van der Waals surface area contributed by atoms with E-state index in [1.807, 2.05) is 52.0 Å². The third-order valence-electron chi connectivity index (χ3n) is 1.19. The highest BCUT2D eigenvalue weighted by molar-refractivity contribution is 5.44. The van der Waals surface area contributed by atoms with Crippen molar-refractivity contribution in [2.75, 3.05) is 5.73 Å². The molecule has 0 unspecified atom stereocenters. The van der Waals surface area contributed by atoms with Crippen LogP contribution in [0.1, 0.15) is 26.3 Å². The van der Waals surface area contributed by atoms with Crippen molar-refractivity contribution < 1.29 is 0 Å². The van der Waals surface area contributed by atoms with Crippen LogP contribution >= 0.6 is 0 Å². The minimum atomic E-state index is 0.868. The maximum atomic E-state index is 5.52. The summed E-state index contributed by atoms with van der Waals surface area (Å²) in [4.78, 5) is 0. The Hall–Kier alpha value is -1.24. The molecule has 0 spiro atoms. The van der Waals surface area contributed by atoms with Gasteiger partial charge in [-0.1, -0.05) is 38.1 Å². The zero-order chi connectivity index (χ0) is 10.7. The molecule has 74 valence electrons. The molecular weight excluding hydrogens is 158 g/mol. The molecule has 0 fully saturated rings. The highest BCUT2D eigenvalue weighted by atomic mass is 14.5. The fourth-order valence-corrected chi connectivity index (χ4v) is 0.587. The summed E-state index contributed by atoms with van der Waals surface area (Å²) >= 11 is 0. The number of aryl methyl sites for hydroxylation is 1. The van der Waals surface area contributed by atoms with E-state index in [9.17, 15) is 0 Å². The Morgan fingerprint density at radius 2 is 1.62 bits per heavy atom. The van der Waals surface area contributed by atoms with E-state index in [2.05, 4.69) is 6.58 Å². The van der Waals surface area contributed by atoms with E-state index >= 15 is 0 Å². The second-order valence-electron chi connectivity index (χ2n) is 2.26. The second kappa shape index (κ2) is 10.8. The van der Waals surface area contributed by atoms with Gasteiger partial charge in [-0.3, -0.25) is 0 Å². The van der Waals surface area contributed by atoms with Crippen LogP contribution in [0.15, 0.2) is 36.9 Å². The number of rotatable bonds is 0. The lowest BCUT2D eigenvalue weighted by Crippen LogP contribution is -1.85. The van der Waals surface area contributed by atoms with E-state index < -0.39 is 0 Å². The second-order valence-corrected chi connectivity index (χ2v) is 2.26. The predicted molar refractivity (Wildman–Crippen MR) is 62.8 cm³/mol.